The van der Waals surface area contributed by atoms with Crippen LogP contribution in [0.15, 0.2) is 58.3 Å². The van der Waals surface area contributed by atoms with Gasteiger partial charge < -0.3 is 9.11 Å². The molecule has 0 aliphatic rings. The van der Waals surface area contributed by atoms with E-state index >= 15 is 0 Å². The zero-order chi connectivity index (χ0) is 55.2. The van der Waals surface area contributed by atoms with Crippen molar-refractivity contribution < 1.29 is 25.9 Å². The molecule has 0 bridgehead atoms. The molecule has 77 heavy (non-hydrogen) atoms. The van der Waals surface area contributed by atoms with Gasteiger partial charge in [-0.05, 0) is 61.1 Å². The van der Waals surface area contributed by atoms with Crippen molar-refractivity contribution in [2.75, 3.05) is 0 Å². The molecule has 0 saturated heterocycles. The average Bonchev–Trinajstić information content (AvgIpc) is 3.40. The Kier molecular flexibility index (Phi) is 57.5. The molecule has 0 fully saturated rings. The minimum atomic E-state index is -4.34. The van der Waals surface area contributed by atoms with Crippen LogP contribution in [0.25, 0.3) is 0 Å². The molecule has 0 heterocycles. The van der Waals surface area contributed by atoms with Crippen molar-refractivity contribution in [1.29, 1.82) is 0 Å². The van der Waals surface area contributed by atoms with E-state index in [9.17, 15) is 25.9 Å². The van der Waals surface area contributed by atoms with E-state index in [2.05, 4.69) is 13.8 Å². The van der Waals surface area contributed by atoms with Gasteiger partial charge >= 0.3 is 48.9 Å². The Morgan fingerprint density at radius 1 is 0.260 bits per heavy atom. The first-order valence-electron chi connectivity index (χ1n) is 33.2. The van der Waals surface area contributed by atoms with E-state index in [1.807, 2.05) is 12.1 Å². The van der Waals surface area contributed by atoms with Gasteiger partial charge in [0.05, 0.1) is 9.79 Å². The molecule has 2 aromatic rings. The number of hydrogen-bond acceptors (Lipinski definition) is 6. The molecule has 0 atom stereocenters. The van der Waals surface area contributed by atoms with Gasteiger partial charge in [-0.2, -0.15) is 0 Å². The largest absolute Gasteiger partial charge is 2.00 e. The number of unbranched alkanes of at least 4 members (excludes halogenated alkanes) is 50. The van der Waals surface area contributed by atoms with Gasteiger partial charge in [-0.15, -0.1) is 0 Å². The summed E-state index contributed by atoms with van der Waals surface area (Å²) in [5.41, 5.74) is 1.90. The Hall–Kier alpha value is -0.169. The molecule has 0 spiro atoms. The Morgan fingerprint density at radius 2 is 0.416 bits per heavy atom. The molecule has 0 N–H and O–H groups in total. The first-order valence-corrected chi connectivity index (χ1v) is 36.0. The quantitative estimate of drug-likeness (QED) is 0.0370. The standard InChI is InChI=1S/2C34H62O3S.Ba/c2*1-2-3-4-5-6-7-8-9-10-11-12-13-14-15-16-17-18-19-20-21-22-23-24-25-26-27-29-33-30-28-31-34(32-33)38(35,36)37;/h2*28,30-32H,2-27,29H2,1H3,(H,35,36,37);/q;;+2/p-2. The minimum absolute atomic E-state index is 0. The summed E-state index contributed by atoms with van der Waals surface area (Å²) >= 11 is 0. The van der Waals surface area contributed by atoms with Crippen LogP contribution in [-0.4, -0.2) is 74.8 Å². The Labute approximate surface area is 520 Å². The van der Waals surface area contributed by atoms with E-state index < -0.39 is 20.2 Å². The SMILES string of the molecule is CCCCCCCCCCCCCCCCCCCCCCCCCCCCc1cccc(S(=O)(=O)[O-])c1.CCCCCCCCCCCCCCCCCCCCCCCCCCCCc1cccc(S(=O)(=O)[O-])c1.[Ba+2]. The minimum Gasteiger partial charge on any atom is -0.744 e. The average molecular weight is 1240 g/mol. The van der Waals surface area contributed by atoms with Gasteiger partial charge in [0.2, 0.25) is 0 Å². The maximum Gasteiger partial charge on any atom is 2.00 e. The van der Waals surface area contributed by atoms with Crippen molar-refractivity contribution >= 4 is 69.1 Å². The van der Waals surface area contributed by atoms with Crippen LogP contribution in [0, 0.1) is 0 Å². The van der Waals surface area contributed by atoms with Crippen molar-refractivity contribution in [2.24, 2.45) is 0 Å². The van der Waals surface area contributed by atoms with Crippen molar-refractivity contribution in [1.82, 2.24) is 0 Å². The van der Waals surface area contributed by atoms with Crippen LogP contribution in [-0.2, 0) is 33.1 Å². The van der Waals surface area contributed by atoms with Gasteiger partial charge in [0, 0.05) is 0 Å². The van der Waals surface area contributed by atoms with Gasteiger partial charge in [0.25, 0.3) is 0 Å². The molecule has 0 aromatic heterocycles. The topological polar surface area (TPSA) is 114 Å². The Balaban J connectivity index is 0.00000148. The number of hydrogen-bond donors (Lipinski definition) is 0. The summed E-state index contributed by atoms with van der Waals surface area (Å²) in [7, 11) is -8.69. The van der Waals surface area contributed by atoms with Gasteiger partial charge in [-0.3, -0.25) is 0 Å². The third-order valence-electron chi connectivity index (χ3n) is 16.0. The molecule has 444 valence electrons. The molecule has 0 amide bonds. The van der Waals surface area contributed by atoms with Gasteiger partial charge in [0.15, 0.2) is 0 Å². The first-order chi connectivity index (χ1) is 37.1. The molecule has 2 aromatic carbocycles. The van der Waals surface area contributed by atoms with Crippen LogP contribution in [0.5, 0.6) is 0 Å². The van der Waals surface area contributed by atoms with Gasteiger partial charge in [-0.25, -0.2) is 16.8 Å². The molecule has 0 radical (unpaired) electrons. The first kappa shape index (κ1) is 76.8. The van der Waals surface area contributed by atoms with Gasteiger partial charge in [0.1, 0.15) is 20.2 Å². The van der Waals surface area contributed by atoms with Crippen molar-refractivity contribution in [2.45, 2.75) is 370 Å². The van der Waals surface area contributed by atoms with Crippen LogP contribution >= 0.6 is 0 Å². The summed E-state index contributed by atoms with van der Waals surface area (Å²) in [6.07, 6.45) is 74.2. The second-order valence-electron chi connectivity index (χ2n) is 23.4. The third kappa shape index (κ3) is 53.6. The molecular weight excluding hydrogens is 1110 g/mol. The third-order valence-corrected chi connectivity index (χ3v) is 17.7. The number of rotatable bonds is 56. The molecular formula is C68H122BaO6S2. The van der Waals surface area contributed by atoms with E-state index in [1.165, 1.54) is 345 Å². The zero-order valence-electron chi connectivity index (χ0n) is 50.8. The predicted octanol–water partition coefficient (Wildman–Crippen LogP) is 22.2. The fraction of sp³-hybridized carbons (Fsp3) is 0.824. The summed E-state index contributed by atoms with van der Waals surface area (Å²) in [6, 6.07) is 13.0. The summed E-state index contributed by atoms with van der Waals surface area (Å²) in [6.45, 7) is 4.59. The van der Waals surface area contributed by atoms with Crippen LogP contribution in [0.4, 0.5) is 0 Å². The summed E-state index contributed by atoms with van der Waals surface area (Å²) in [5, 5.41) is 0. The zero-order valence-corrected chi connectivity index (χ0v) is 56.8. The number of aryl methyl sites for hydroxylation is 2. The van der Waals surface area contributed by atoms with Crippen LogP contribution in [0.2, 0.25) is 0 Å². The van der Waals surface area contributed by atoms with Crippen LogP contribution in [0.1, 0.15) is 359 Å². The summed E-state index contributed by atoms with van der Waals surface area (Å²) in [5.74, 6) is 0. The maximum absolute atomic E-state index is 11.1. The van der Waals surface area contributed by atoms with Crippen LogP contribution in [0.3, 0.4) is 0 Å². The molecule has 0 unspecified atom stereocenters. The van der Waals surface area contributed by atoms with E-state index in [1.54, 1.807) is 12.1 Å². The molecule has 9 heteroatoms. The van der Waals surface area contributed by atoms with Crippen molar-refractivity contribution in [3.05, 3.63) is 59.7 Å². The van der Waals surface area contributed by atoms with E-state index in [0.717, 1.165) is 36.8 Å². The van der Waals surface area contributed by atoms with E-state index in [-0.39, 0.29) is 58.7 Å². The van der Waals surface area contributed by atoms with Crippen molar-refractivity contribution in [3.63, 3.8) is 0 Å². The second-order valence-corrected chi connectivity index (χ2v) is 26.1. The molecule has 0 saturated carbocycles. The fourth-order valence-electron chi connectivity index (χ4n) is 11.0. The Bertz CT molecular complexity index is 1620. The smallest absolute Gasteiger partial charge is 0.744 e. The Morgan fingerprint density at radius 3 is 0.571 bits per heavy atom. The van der Waals surface area contributed by atoms with Crippen LogP contribution < -0.4 is 0 Å². The molecule has 6 nitrogen and oxygen atoms in total. The summed E-state index contributed by atoms with van der Waals surface area (Å²) in [4.78, 5) is -0.213. The second kappa shape index (κ2) is 57.6. The summed E-state index contributed by atoms with van der Waals surface area (Å²) < 4.78 is 66.7. The van der Waals surface area contributed by atoms with E-state index in [0.29, 0.717) is 0 Å². The molecule has 0 aliphatic heterocycles. The van der Waals surface area contributed by atoms with Gasteiger partial charge in [-0.1, -0.05) is 359 Å². The van der Waals surface area contributed by atoms with Crippen molar-refractivity contribution in [3.8, 4) is 0 Å². The fourth-order valence-corrected chi connectivity index (χ4v) is 12.1. The maximum atomic E-state index is 11.1. The van der Waals surface area contributed by atoms with E-state index in [4.69, 9.17) is 0 Å². The normalized spacial score (nSPS) is 11.7. The monoisotopic (exact) mass is 1240 g/mol. The molecule has 0 aliphatic carbocycles. The number of benzene rings is 2. The molecule has 2 rings (SSSR count). The predicted molar refractivity (Wildman–Crippen MR) is 333 cm³/mol.